The zero-order chi connectivity index (χ0) is 17.8. The highest BCUT2D eigenvalue weighted by atomic mass is 16.5. The lowest BCUT2D eigenvalue weighted by atomic mass is 10.1. The van der Waals surface area contributed by atoms with E-state index in [1.807, 2.05) is 24.3 Å². The van der Waals surface area contributed by atoms with E-state index in [0.29, 0.717) is 31.1 Å². The first-order chi connectivity index (χ1) is 12.1. The molecule has 0 fully saturated rings. The quantitative estimate of drug-likeness (QED) is 0.694. The highest BCUT2D eigenvalue weighted by molar-refractivity contribution is 5.99. The minimum Gasteiger partial charge on any atom is -0.383 e. The molecule has 3 rings (SSSR count). The fourth-order valence-corrected chi connectivity index (χ4v) is 2.82. The van der Waals surface area contributed by atoms with E-state index in [-0.39, 0.29) is 11.7 Å². The lowest BCUT2D eigenvalue weighted by molar-refractivity contribution is 0.0995. The molecule has 1 aliphatic rings. The number of carbonyl (C=O) groups is 1. The van der Waals surface area contributed by atoms with Crippen molar-refractivity contribution >= 4 is 23.4 Å². The zero-order valence-electron chi connectivity index (χ0n) is 14.0. The van der Waals surface area contributed by atoms with Gasteiger partial charge in [-0.1, -0.05) is 24.3 Å². The molecule has 0 radical (unpaired) electrons. The molecule has 1 aromatic heterocycles. The molecule has 1 amide bonds. The fourth-order valence-electron chi connectivity index (χ4n) is 2.82. The lowest BCUT2D eigenvalue weighted by Crippen LogP contribution is -2.33. The highest BCUT2D eigenvalue weighted by Crippen LogP contribution is 2.32. The maximum Gasteiger partial charge on any atom is 0.269 e. The Labute approximate surface area is 146 Å². The summed E-state index contributed by atoms with van der Waals surface area (Å²) in [4.78, 5) is 20.5. The van der Waals surface area contributed by atoms with Crippen LogP contribution in [0.2, 0.25) is 0 Å². The summed E-state index contributed by atoms with van der Waals surface area (Å²) < 4.78 is 5.01. The molecule has 25 heavy (non-hydrogen) atoms. The van der Waals surface area contributed by atoms with Crippen LogP contribution in [0.1, 0.15) is 27.3 Å². The van der Waals surface area contributed by atoms with Crippen LogP contribution >= 0.6 is 0 Å². The van der Waals surface area contributed by atoms with Crippen molar-refractivity contribution in [2.45, 2.75) is 12.5 Å². The average Bonchev–Trinajstić information content (AvgIpc) is 3.04. The molecule has 7 nitrogen and oxygen atoms in total. The number of amides is 1. The Morgan fingerprint density at radius 2 is 2.20 bits per heavy atom. The zero-order valence-corrected chi connectivity index (χ0v) is 14.0. The summed E-state index contributed by atoms with van der Waals surface area (Å²) in [5, 5.41) is 3.12. The largest absolute Gasteiger partial charge is 0.383 e. The molecule has 7 heteroatoms. The number of carbonyl (C=O) groups excluding carboxylic acids is 1. The normalized spacial score (nSPS) is 13.9. The summed E-state index contributed by atoms with van der Waals surface area (Å²) in [6, 6.07) is 7.90. The molecular formula is C18H21N5O2. The van der Waals surface area contributed by atoms with E-state index in [0.717, 1.165) is 11.1 Å². The molecule has 1 heterocycles. The summed E-state index contributed by atoms with van der Waals surface area (Å²) in [5.41, 5.74) is 15.3. The minimum absolute atomic E-state index is 0.166. The van der Waals surface area contributed by atoms with Gasteiger partial charge >= 0.3 is 0 Å². The second kappa shape index (κ2) is 7.42. The summed E-state index contributed by atoms with van der Waals surface area (Å²) >= 11 is 0. The van der Waals surface area contributed by atoms with Gasteiger partial charge in [-0.05, 0) is 22.8 Å². The smallest absolute Gasteiger partial charge is 0.269 e. The predicted molar refractivity (Wildman–Crippen MR) is 96.9 cm³/mol. The molecule has 1 aliphatic carbocycles. The Morgan fingerprint density at radius 1 is 1.40 bits per heavy atom. The maximum atomic E-state index is 11.7. The number of hydrogen-bond donors (Lipinski definition) is 3. The van der Waals surface area contributed by atoms with Crippen LogP contribution in [0.15, 0.2) is 30.5 Å². The number of ether oxygens (including phenoxy) is 1. The van der Waals surface area contributed by atoms with Crippen LogP contribution in [0.25, 0.3) is 11.6 Å². The first kappa shape index (κ1) is 17.1. The van der Waals surface area contributed by atoms with Crippen molar-refractivity contribution < 1.29 is 9.53 Å². The van der Waals surface area contributed by atoms with Gasteiger partial charge in [0.15, 0.2) is 5.69 Å². The van der Waals surface area contributed by atoms with Gasteiger partial charge in [0.05, 0.1) is 12.8 Å². The summed E-state index contributed by atoms with van der Waals surface area (Å²) in [5.74, 6) is -0.0506. The molecule has 1 atom stereocenters. The van der Waals surface area contributed by atoms with Crippen molar-refractivity contribution in [3.05, 3.63) is 53.0 Å². The number of rotatable bonds is 7. The monoisotopic (exact) mass is 339 g/mol. The molecule has 0 aliphatic heterocycles. The minimum atomic E-state index is -0.595. The Balaban J connectivity index is 1.87. The van der Waals surface area contributed by atoms with E-state index in [1.165, 1.54) is 11.8 Å². The van der Waals surface area contributed by atoms with Crippen molar-refractivity contribution in [1.29, 1.82) is 0 Å². The molecule has 0 unspecified atom stereocenters. The number of allylic oxidation sites excluding steroid dienone is 1. The van der Waals surface area contributed by atoms with Crippen molar-refractivity contribution in [2.75, 3.05) is 25.6 Å². The second-order valence-corrected chi connectivity index (χ2v) is 5.96. The number of methoxy groups -OCH3 is 1. The van der Waals surface area contributed by atoms with Gasteiger partial charge in [-0.2, -0.15) is 0 Å². The van der Waals surface area contributed by atoms with Crippen LogP contribution in [-0.4, -0.2) is 42.2 Å². The van der Waals surface area contributed by atoms with E-state index < -0.39 is 5.91 Å². The Bertz CT molecular complexity index is 819. The Kier molecular flexibility index (Phi) is 5.06. The highest BCUT2D eigenvalue weighted by Gasteiger charge is 2.21. The average molecular weight is 339 g/mol. The van der Waals surface area contributed by atoms with Crippen LogP contribution in [-0.2, 0) is 11.2 Å². The molecule has 0 saturated heterocycles. The number of nitrogens with zero attached hydrogens (tertiary/aromatic N) is 2. The number of aromatic nitrogens is 2. The fraction of sp³-hybridized carbons (Fsp3) is 0.278. The number of hydrogen-bond acceptors (Lipinski definition) is 6. The standard InChI is InChI=1S/C18H21N5O2/c1-25-10-14(19)8-21-15-9-22-17(18(20)24)16(23-15)13-6-11-4-2-3-5-12(11)7-13/h2-6,9,14H,7-8,10,19H2,1H3,(H2,20,24)(H,21,23)/t14-/m1/s1. The number of fused-ring (bicyclic) bond motifs is 1. The molecule has 1 aromatic carbocycles. The van der Waals surface area contributed by atoms with Crippen LogP contribution in [0.3, 0.4) is 0 Å². The number of anilines is 1. The van der Waals surface area contributed by atoms with Gasteiger partial charge in [0, 0.05) is 26.1 Å². The van der Waals surface area contributed by atoms with Gasteiger partial charge in [-0.25, -0.2) is 9.97 Å². The van der Waals surface area contributed by atoms with Gasteiger partial charge in [-0.3, -0.25) is 4.79 Å². The summed E-state index contributed by atoms with van der Waals surface area (Å²) in [6.07, 6.45) is 4.20. The first-order valence-corrected chi connectivity index (χ1v) is 8.02. The second-order valence-electron chi connectivity index (χ2n) is 5.96. The van der Waals surface area contributed by atoms with Gasteiger partial charge in [0.1, 0.15) is 11.5 Å². The third-order valence-electron chi connectivity index (χ3n) is 4.00. The van der Waals surface area contributed by atoms with Crippen LogP contribution in [0.5, 0.6) is 0 Å². The van der Waals surface area contributed by atoms with Crippen molar-refractivity contribution in [1.82, 2.24) is 9.97 Å². The van der Waals surface area contributed by atoms with Gasteiger partial charge < -0.3 is 21.5 Å². The molecular weight excluding hydrogens is 318 g/mol. The summed E-state index contributed by atoms with van der Waals surface area (Å²) in [6.45, 7) is 0.921. The van der Waals surface area contributed by atoms with E-state index >= 15 is 0 Å². The van der Waals surface area contributed by atoms with E-state index in [2.05, 4.69) is 21.4 Å². The predicted octanol–water partition coefficient (Wildman–Crippen LogP) is 1.06. The van der Waals surface area contributed by atoms with Crippen molar-refractivity contribution in [2.24, 2.45) is 11.5 Å². The third kappa shape index (κ3) is 3.84. The molecule has 2 aromatic rings. The van der Waals surface area contributed by atoms with Gasteiger partial charge in [0.2, 0.25) is 0 Å². The number of nitrogens with one attached hydrogen (secondary N) is 1. The first-order valence-electron chi connectivity index (χ1n) is 8.02. The summed E-state index contributed by atoms with van der Waals surface area (Å²) in [7, 11) is 1.60. The molecule has 130 valence electrons. The molecule has 0 spiro atoms. The number of benzene rings is 1. The van der Waals surface area contributed by atoms with E-state index in [1.54, 1.807) is 7.11 Å². The van der Waals surface area contributed by atoms with E-state index in [9.17, 15) is 4.79 Å². The number of primary amides is 1. The molecule has 0 saturated carbocycles. The van der Waals surface area contributed by atoms with Gasteiger partial charge in [-0.15, -0.1) is 0 Å². The Hall–Kier alpha value is -2.77. The van der Waals surface area contributed by atoms with Gasteiger partial charge in [0.25, 0.3) is 5.91 Å². The van der Waals surface area contributed by atoms with E-state index in [4.69, 9.17) is 16.2 Å². The SMILES string of the molecule is COC[C@H](N)CNc1cnc(C(N)=O)c(C2=Cc3ccccc3C2)n1. The lowest BCUT2D eigenvalue weighted by Gasteiger charge is -2.13. The van der Waals surface area contributed by atoms with Crippen molar-refractivity contribution in [3.8, 4) is 0 Å². The molecule has 5 N–H and O–H groups in total. The topological polar surface area (TPSA) is 116 Å². The molecule has 0 bridgehead atoms. The number of nitrogens with two attached hydrogens (primary N) is 2. The van der Waals surface area contributed by atoms with Crippen LogP contribution in [0, 0.1) is 0 Å². The van der Waals surface area contributed by atoms with Crippen molar-refractivity contribution in [3.63, 3.8) is 0 Å². The third-order valence-corrected chi connectivity index (χ3v) is 4.00. The van der Waals surface area contributed by atoms with Crippen LogP contribution < -0.4 is 16.8 Å². The van der Waals surface area contributed by atoms with Crippen LogP contribution in [0.4, 0.5) is 5.82 Å². The Morgan fingerprint density at radius 3 is 2.92 bits per heavy atom. The maximum absolute atomic E-state index is 11.7.